The molecule has 0 heterocycles. The third kappa shape index (κ3) is 1.77. The predicted octanol–water partition coefficient (Wildman–Crippen LogP) is 1.60. The average molecular weight is 248 g/mol. The van der Waals surface area contributed by atoms with Crippen LogP contribution in [0.1, 0.15) is 32.6 Å². The average Bonchev–Trinajstić information content (AvgIpc) is 2.35. The van der Waals surface area contributed by atoms with Crippen molar-refractivity contribution < 1.29 is 15.0 Å². The first-order valence-electron chi connectivity index (χ1n) is 6.86. The number of hydrogen-bond donors (Lipinski definition) is 2. The van der Waals surface area contributed by atoms with Gasteiger partial charge in [-0.25, -0.2) is 0 Å². The molecule has 1 saturated carbocycles. The van der Waals surface area contributed by atoms with Gasteiger partial charge in [-0.05, 0) is 55.1 Å². The Morgan fingerprint density at radius 2 is 1.94 bits per heavy atom. The van der Waals surface area contributed by atoms with E-state index >= 15 is 0 Å². The van der Waals surface area contributed by atoms with Crippen molar-refractivity contribution >= 4 is 5.78 Å². The monoisotopic (exact) mass is 248 g/mol. The molecule has 18 heavy (non-hydrogen) atoms. The van der Waals surface area contributed by atoms with E-state index in [9.17, 15) is 15.0 Å². The highest BCUT2D eigenvalue weighted by Crippen LogP contribution is 2.47. The molecule has 98 valence electrons. The highest BCUT2D eigenvalue weighted by Gasteiger charge is 2.42. The van der Waals surface area contributed by atoms with Crippen LogP contribution < -0.4 is 0 Å². The number of carbonyl (C=O) groups excluding carboxylic acids is 1. The number of aliphatic hydroxyl groups is 2. The van der Waals surface area contributed by atoms with E-state index < -0.39 is 12.2 Å². The molecule has 0 radical (unpaired) electrons. The van der Waals surface area contributed by atoms with Gasteiger partial charge in [0.15, 0.2) is 5.78 Å². The lowest BCUT2D eigenvalue weighted by atomic mass is 9.62. The molecule has 0 aromatic carbocycles. The van der Waals surface area contributed by atoms with Crippen LogP contribution in [0.2, 0.25) is 0 Å². The third-order valence-corrected chi connectivity index (χ3v) is 4.99. The summed E-state index contributed by atoms with van der Waals surface area (Å²) in [5, 5.41) is 19.6. The van der Waals surface area contributed by atoms with Crippen molar-refractivity contribution in [3.05, 3.63) is 23.3 Å². The minimum absolute atomic E-state index is 0.265. The standard InChI is InChI=1S/C15H20O3/c1-8-10-3-2-9-6-14(17)15(18)7-12(9)11(10)4-5-13(8)16/h2-3,9,11-12,14-15,17-18H,4-7H2,1H3/t9-,11-,12+,14-,15-/m1/s1. The third-order valence-electron chi connectivity index (χ3n) is 4.99. The molecule has 0 aliphatic heterocycles. The molecule has 3 aliphatic rings. The van der Waals surface area contributed by atoms with Gasteiger partial charge in [-0.15, -0.1) is 0 Å². The van der Waals surface area contributed by atoms with Crippen molar-refractivity contribution in [3.63, 3.8) is 0 Å². The summed E-state index contributed by atoms with van der Waals surface area (Å²) in [6.07, 6.45) is 5.88. The van der Waals surface area contributed by atoms with Crippen LogP contribution in [0.5, 0.6) is 0 Å². The van der Waals surface area contributed by atoms with Gasteiger partial charge in [-0.3, -0.25) is 4.79 Å². The summed E-state index contributed by atoms with van der Waals surface area (Å²) in [5.41, 5.74) is 2.08. The lowest BCUT2D eigenvalue weighted by molar-refractivity contribution is -0.116. The van der Waals surface area contributed by atoms with Gasteiger partial charge in [-0.1, -0.05) is 12.2 Å². The van der Waals surface area contributed by atoms with Gasteiger partial charge in [0.25, 0.3) is 0 Å². The van der Waals surface area contributed by atoms with E-state index in [1.54, 1.807) is 0 Å². The Balaban J connectivity index is 1.95. The molecule has 0 amide bonds. The van der Waals surface area contributed by atoms with Crippen LogP contribution in [0.25, 0.3) is 0 Å². The number of aliphatic hydroxyl groups excluding tert-OH is 2. The van der Waals surface area contributed by atoms with Crippen molar-refractivity contribution in [3.8, 4) is 0 Å². The van der Waals surface area contributed by atoms with Crippen molar-refractivity contribution in [2.75, 3.05) is 0 Å². The van der Waals surface area contributed by atoms with E-state index in [4.69, 9.17) is 0 Å². The number of carbonyl (C=O) groups is 1. The molecular weight excluding hydrogens is 228 g/mol. The van der Waals surface area contributed by atoms with Gasteiger partial charge in [0.1, 0.15) is 0 Å². The van der Waals surface area contributed by atoms with Crippen LogP contribution in [0, 0.1) is 17.8 Å². The number of hydrogen-bond acceptors (Lipinski definition) is 3. The zero-order valence-corrected chi connectivity index (χ0v) is 10.7. The SMILES string of the molecule is CC1=C2C=C[C@@H]3C[C@@H](O)[C@H](O)C[C@@H]3[C@@H]2CCC1=O. The van der Waals surface area contributed by atoms with Gasteiger partial charge >= 0.3 is 0 Å². The van der Waals surface area contributed by atoms with Crippen LogP contribution in [0.3, 0.4) is 0 Å². The minimum Gasteiger partial charge on any atom is -0.390 e. The van der Waals surface area contributed by atoms with Crippen molar-refractivity contribution in [1.29, 1.82) is 0 Å². The van der Waals surface area contributed by atoms with Crippen molar-refractivity contribution in [1.82, 2.24) is 0 Å². The quantitative estimate of drug-likeness (QED) is 0.684. The summed E-state index contributed by atoms with van der Waals surface area (Å²) in [5.74, 6) is 1.42. The van der Waals surface area contributed by atoms with E-state index in [0.717, 1.165) is 12.0 Å². The highest BCUT2D eigenvalue weighted by molar-refractivity contribution is 5.97. The molecule has 3 rings (SSSR count). The molecule has 0 spiro atoms. The predicted molar refractivity (Wildman–Crippen MR) is 67.8 cm³/mol. The maximum absolute atomic E-state index is 11.7. The molecule has 3 aliphatic carbocycles. The number of fused-ring (bicyclic) bond motifs is 3. The molecule has 0 unspecified atom stereocenters. The summed E-state index contributed by atoms with van der Waals surface area (Å²) < 4.78 is 0. The summed E-state index contributed by atoms with van der Waals surface area (Å²) in [7, 11) is 0. The summed E-state index contributed by atoms with van der Waals surface area (Å²) in [6.45, 7) is 1.92. The summed E-state index contributed by atoms with van der Waals surface area (Å²) in [6, 6.07) is 0. The Labute approximate surface area is 107 Å². The lowest BCUT2D eigenvalue weighted by Crippen LogP contribution is -2.43. The molecule has 2 N–H and O–H groups in total. The van der Waals surface area contributed by atoms with Crippen molar-refractivity contribution in [2.24, 2.45) is 17.8 Å². The topological polar surface area (TPSA) is 57.5 Å². The van der Waals surface area contributed by atoms with Crippen molar-refractivity contribution in [2.45, 2.75) is 44.8 Å². The van der Waals surface area contributed by atoms with Gasteiger partial charge in [-0.2, -0.15) is 0 Å². The first kappa shape index (κ1) is 12.1. The number of Topliss-reactive ketones (excluding diaryl/α,β-unsaturated/α-hetero) is 1. The molecule has 3 heteroatoms. The van der Waals surface area contributed by atoms with Gasteiger partial charge in [0, 0.05) is 6.42 Å². The zero-order valence-electron chi connectivity index (χ0n) is 10.7. The first-order chi connectivity index (χ1) is 8.58. The summed E-state index contributed by atoms with van der Waals surface area (Å²) in [4.78, 5) is 11.7. The van der Waals surface area contributed by atoms with Gasteiger partial charge in [0.2, 0.25) is 0 Å². The van der Waals surface area contributed by atoms with E-state index in [1.165, 1.54) is 5.57 Å². The van der Waals surface area contributed by atoms with Gasteiger partial charge in [0.05, 0.1) is 12.2 Å². The molecule has 3 nitrogen and oxygen atoms in total. The molecule has 1 fully saturated rings. The molecule has 0 aromatic rings. The first-order valence-corrected chi connectivity index (χ1v) is 6.86. The Hall–Kier alpha value is -0.930. The summed E-state index contributed by atoms with van der Waals surface area (Å²) >= 11 is 0. The Kier molecular flexibility index (Phi) is 2.91. The lowest BCUT2D eigenvalue weighted by Gasteiger charge is -2.44. The Morgan fingerprint density at radius 1 is 1.22 bits per heavy atom. The molecule has 0 aromatic heterocycles. The normalized spacial score (nSPS) is 43.7. The fraction of sp³-hybridized carbons (Fsp3) is 0.667. The molecule has 0 bridgehead atoms. The zero-order chi connectivity index (χ0) is 12.9. The maximum atomic E-state index is 11.7. The largest absolute Gasteiger partial charge is 0.390 e. The number of ketones is 1. The minimum atomic E-state index is -0.600. The van der Waals surface area contributed by atoms with Crippen LogP contribution in [0.15, 0.2) is 23.3 Å². The van der Waals surface area contributed by atoms with E-state index in [1.807, 2.05) is 6.92 Å². The van der Waals surface area contributed by atoms with Gasteiger partial charge < -0.3 is 10.2 Å². The van der Waals surface area contributed by atoms with Crippen LogP contribution in [0.4, 0.5) is 0 Å². The van der Waals surface area contributed by atoms with Crippen LogP contribution >= 0.6 is 0 Å². The highest BCUT2D eigenvalue weighted by atomic mass is 16.3. The molecule has 5 atom stereocenters. The fourth-order valence-corrected chi connectivity index (χ4v) is 3.89. The second-order valence-corrected chi connectivity index (χ2v) is 5.94. The van der Waals surface area contributed by atoms with Crippen LogP contribution in [-0.2, 0) is 4.79 Å². The Bertz CT molecular complexity index is 435. The van der Waals surface area contributed by atoms with E-state index in [0.29, 0.717) is 37.0 Å². The number of allylic oxidation sites excluding steroid dienone is 4. The molecule has 0 saturated heterocycles. The molecular formula is C15H20O3. The fourth-order valence-electron chi connectivity index (χ4n) is 3.89. The van der Waals surface area contributed by atoms with E-state index in [2.05, 4.69) is 12.2 Å². The smallest absolute Gasteiger partial charge is 0.158 e. The maximum Gasteiger partial charge on any atom is 0.158 e. The van der Waals surface area contributed by atoms with Crippen LogP contribution in [-0.4, -0.2) is 28.2 Å². The second-order valence-electron chi connectivity index (χ2n) is 5.94. The van der Waals surface area contributed by atoms with E-state index in [-0.39, 0.29) is 5.78 Å². The number of rotatable bonds is 0. The second kappa shape index (κ2) is 4.32. The Morgan fingerprint density at radius 3 is 2.72 bits per heavy atom.